The molecule has 2 atom stereocenters. The minimum Gasteiger partial charge on any atom is -0.339 e. The first-order chi connectivity index (χ1) is 10.3. The zero-order valence-corrected chi connectivity index (χ0v) is 12.6. The summed E-state index contributed by atoms with van der Waals surface area (Å²) in [4.78, 5) is 4.53. The van der Waals surface area contributed by atoms with Gasteiger partial charge in [-0.1, -0.05) is 49.2 Å². The molecule has 0 spiro atoms. The number of hydrogen-bond donors (Lipinski definition) is 1. The summed E-state index contributed by atoms with van der Waals surface area (Å²) in [7, 11) is 0. The van der Waals surface area contributed by atoms with E-state index in [1.54, 1.807) is 0 Å². The Labute approximate surface area is 125 Å². The highest BCUT2D eigenvalue weighted by Crippen LogP contribution is 2.26. The van der Waals surface area contributed by atoms with Crippen LogP contribution in [0.3, 0.4) is 0 Å². The fourth-order valence-electron chi connectivity index (χ4n) is 3.06. The van der Waals surface area contributed by atoms with E-state index in [-0.39, 0.29) is 6.04 Å². The molecule has 1 fully saturated rings. The van der Waals surface area contributed by atoms with Crippen molar-refractivity contribution in [3.63, 3.8) is 0 Å². The molecular formula is C17H23N3O. The van der Waals surface area contributed by atoms with E-state index < -0.39 is 0 Å². The van der Waals surface area contributed by atoms with E-state index in [1.165, 1.54) is 24.8 Å². The number of nitrogens with zero attached hydrogens (tertiary/aromatic N) is 2. The van der Waals surface area contributed by atoms with Gasteiger partial charge in [0.05, 0.1) is 0 Å². The molecule has 0 bridgehead atoms. The van der Waals surface area contributed by atoms with E-state index in [0.717, 1.165) is 24.8 Å². The van der Waals surface area contributed by atoms with Gasteiger partial charge in [-0.15, -0.1) is 0 Å². The van der Waals surface area contributed by atoms with Crippen LogP contribution < -0.4 is 5.73 Å². The maximum absolute atomic E-state index is 6.19. The highest BCUT2D eigenvalue weighted by atomic mass is 16.5. The fraction of sp³-hybridized carbons (Fsp3) is 0.529. The Balaban J connectivity index is 1.70. The third-order valence-electron chi connectivity index (χ3n) is 4.49. The average molecular weight is 285 g/mol. The number of aromatic nitrogens is 2. The summed E-state index contributed by atoms with van der Waals surface area (Å²) in [6.07, 6.45) is 6.64. The van der Waals surface area contributed by atoms with Crippen LogP contribution in [0.15, 0.2) is 28.8 Å². The Kier molecular flexibility index (Phi) is 4.34. The highest BCUT2D eigenvalue weighted by molar-refractivity contribution is 5.54. The monoisotopic (exact) mass is 285 g/mol. The molecule has 112 valence electrons. The van der Waals surface area contributed by atoms with Crippen molar-refractivity contribution in [3.8, 4) is 11.4 Å². The second-order valence-electron chi connectivity index (χ2n) is 5.97. The molecule has 3 rings (SSSR count). The van der Waals surface area contributed by atoms with Gasteiger partial charge in [0, 0.05) is 18.0 Å². The molecule has 0 radical (unpaired) electrons. The largest absolute Gasteiger partial charge is 0.339 e. The molecule has 1 aromatic heterocycles. The molecule has 0 aliphatic heterocycles. The molecule has 1 aliphatic carbocycles. The highest BCUT2D eigenvalue weighted by Gasteiger charge is 2.24. The van der Waals surface area contributed by atoms with E-state index in [1.807, 2.05) is 0 Å². The van der Waals surface area contributed by atoms with Crippen LogP contribution in [0.4, 0.5) is 0 Å². The summed E-state index contributed by atoms with van der Waals surface area (Å²) in [5.74, 6) is 1.87. The number of benzene rings is 1. The van der Waals surface area contributed by atoms with Gasteiger partial charge in [-0.2, -0.15) is 4.98 Å². The summed E-state index contributed by atoms with van der Waals surface area (Å²) < 4.78 is 5.41. The lowest BCUT2D eigenvalue weighted by Crippen LogP contribution is -2.34. The number of nitrogens with two attached hydrogens (primary N) is 1. The van der Waals surface area contributed by atoms with Crippen LogP contribution in [-0.2, 0) is 12.8 Å². The van der Waals surface area contributed by atoms with Crippen LogP contribution in [0.1, 0.15) is 44.1 Å². The van der Waals surface area contributed by atoms with Crippen LogP contribution in [0.5, 0.6) is 0 Å². The summed E-state index contributed by atoms with van der Waals surface area (Å²) in [6.45, 7) is 2.15. The Morgan fingerprint density at radius 1 is 1.19 bits per heavy atom. The second kappa shape index (κ2) is 6.39. The molecule has 2 aromatic rings. The Morgan fingerprint density at radius 3 is 2.67 bits per heavy atom. The first-order valence-electron chi connectivity index (χ1n) is 7.93. The van der Waals surface area contributed by atoms with Crippen LogP contribution in [-0.4, -0.2) is 16.2 Å². The van der Waals surface area contributed by atoms with Gasteiger partial charge in [-0.3, -0.25) is 0 Å². The summed E-state index contributed by atoms with van der Waals surface area (Å²) >= 11 is 0. The van der Waals surface area contributed by atoms with Crippen molar-refractivity contribution in [1.29, 1.82) is 0 Å². The molecule has 4 heteroatoms. The van der Waals surface area contributed by atoms with Gasteiger partial charge in [-0.05, 0) is 30.7 Å². The quantitative estimate of drug-likeness (QED) is 0.935. The van der Waals surface area contributed by atoms with Gasteiger partial charge in [0.1, 0.15) is 0 Å². The van der Waals surface area contributed by atoms with Crippen LogP contribution >= 0.6 is 0 Å². The standard InChI is InChI=1S/C17H23N3O/c1-2-12-7-9-13(10-8-12)17-19-16(21-20-17)11-14-5-3-4-6-15(14)18/h7-10,14-15H,2-6,11,18H2,1H3. The van der Waals surface area contributed by atoms with Gasteiger partial charge in [-0.25, -0.2) is 0 Å². The lowest BCUT2D eigenvalue weighted by Gasteiger charge is -2.27. The van der Waals surface area contributed by atoms with Crippen LogP contribution in [0.25, 0.3) is 11.4 Å². The molecule has 1 saturated carbocycles. The molecule has 1 aromatic carbocycles. The predicted octanol–water partition coefficient (Wildman–Crippen LogP) is 3.36. The van der Waals surface area contributed by atoms with E-state index in [9.17, 15) is 0 Å². The smallest absolute Gasteiger partial charge is 0.227 e. The summed E-state index contributed by atoms with van der Waals surface area (Å²) in [6, 6.07) is 8.61. The maximum atomic E-state index is 6.19. The van der Waals surface area contributed by atoms with E-state index in [4.69, 9.17) is 10.3 Å². The average Bonchev–Trinajstić information content (AvgIpc) is 2.98. The summed E-state index contributed by atoms with van der Waals surface area (Å²) in [5, 5.41) is 4.11. The van der Waals surface area contributed by atoms with Crippen LogP contribution in [0.2, 0.25) is 0 Å². The third-order valence-corrected chi connectivity index (χ3v) is 4.49. The second-order valence-corrected chi connectivity index (χ2v) is 5.97. The summed E-state index contributed by atoms with van der Waals surface area (Å²) in [5.41, 5.74) is 8.51. The molecule has 0 saturated heterocycles. The van der Waals surface area contributed by atoms with Crippen molar-refractivity contribution >= 4 is 0 Å². The maximum Gasteiger partial charge on any atom is 0.227 e. The normalized spacial score (nSPS) is 22.4. The lowest BCUT2D eigenvalue weighted by molar-refractivity contribution is 0.273. The molecule has 0 amide bonds. The molecule has 4 nitrogen and oxygen atoms in total. The Morgan fingerprint density at radius 2 is 1.95 bits per heavy atom. The number of rotatable bonds is 4. The van der Waals surface area contributed by atoms with Gasteiger partial charge < -0.3 is 10.3 Å². The van der Waals surface area contributed by atoms with Crippen molar-refractivity contribution < 1.29 is 4.52 Å². The van der Waals surface area contributed by atoms with E-state index >= 15 is 0 Å². The zero-order chi connectivity index (χ0) is 14.7. The van der Waals surface area contributed by atoms with Gasteiger partial charge >= 0.3 is 0 Å². The molecule has 2 unspecified atom stereocenters. The zero-order valence-electron chi connectivity index (χ0n) is 12.6. The SMILES string of the molecule is CCc1ccc(-c2noc(CC3CCCCC3N)n2)cc1. The van der Waals surface area contributed by atoms with Crippen molar-refractivity contribution in [3.05, 3.63) is 35.7 Å². The van der Waals surface area contributed by atoms with Crippen molar-refractivity contribution in [1.82, 2.24) is 10.1 Å². The lowest BCUT2D eigenvalue weighted by atomic mass is 9.83. The van der Waals surface area contributed by atoms with E-state index in [0.29, 0.717) is 17.6 Å². The molecule has 21 heavy (non-hydrogen) atoms. The van der Waals surface area contributed by atoms with Gasteiger partial charge in [0.15, 0.2) is 0 Å². The van der Waals surface area contributed by atoms with Crippen molar-refractivity contribution in [2.24, 2.45) is 11.7 Å². The third kappa shape index (κ3) is 3.32. The molecular weight excluding hydrogens is 262 g/mol. The predicted molar refractivity (Wildman–Crippen MR) is 82.7 cm³/mol. The van der Waals surface area contributed by atoms with Gasteiger partial charge in [0.2, 0.25) is 11.7 Å². The molecule has 1 heterocycles. The van der Waals surface area contributed by atoms with E-state index in [2.05, 4.69) is 41.3 Å². The molecule has 2 N–H and O–H groups in total. The van der Waals surface area contributed by atoms with Crippen molar-refractivity contribution in [2.75, 3.05) is 0 Å². The fourth-order valence-corrected chi connectivity index (χ4v) is 3.06. The minimum absolute atomic E-state index is 0.276. The van der Waals surface area contributed by atoms with Crippen molar-refractivity contribution in [2.45, 2.75) is 51.5 Å². The Bertz CT molecular complexity index is 576. The topological polar surface area (TPSA) is 64.9 Å². The first kappa shape index (κ1) is 14.3. The number of aryl methyl sites for hydroxylation is 1. The Hall–Kier alpha value is -1.68. The first-order valence-corrected chi connectivity index (χ1v) is 7.93. The number of hydrogen-bond acceptors (Lipinski definition) is 4. The minimum atomic E-state index is 0.276. The van der Waals surface area contributed by atoms with Gasteiger partial charge in [0.25, 0.3) is 0 Å². The molecule has 1 aliphatic rings. The van der Waals surface area contributed by atoms with Crippen LogP contribution in [0, 0.1) is 5.92 Å².